The summed E-state index contributed by atoms with van der Waals surface area (Å²) in [6, 6.07) is 10.8. The van der Waals surface area contributed by atoms with Crippen molar-refractivity contribution in [3.8, 4) is 11.3 Å². The molecule has 190 valence electrons. The SMILES string of the molecule is CN(C)Cc1nc(Nc2ccc(-c3cnc4cc(F)ccn34)c3c2C(=O)NC3)ccc1[C@@]1(C)CCOC1. The van der Waals surface area contributed by atoms with Crippen LogP contribution in [-0.2, 0) is 23.2 Å². The molecule has 1 aromatic carbocycles. The zero-order valence-corrected chi connectivity index (χ0v) is 21.1. The molecule has 6 rings (SSSR count). The van der Waals surface area contributed by atoms with E-state index in [0.717, 1.165) is 35.5 Å². The van der Waals surface area contributed by atoms with Crippen LogP contribution in [0.15, 0.2) is 48.8 Å². The molecule has 9 heteroatoms. The Hall–Kier alpha value is -3.82. The minimum Gasteiger partial charge on any atom is -0.380 e. The van der Waals surface area contributed by atoms with Gasteiger partial charge >= 0.3 is 0 Å². The molecule has 3 aromatic heterocycles. The van der Waals surface area contributed by atoms with Gasteiger partial charge in [0.1, 0.15) is 17.3 Å². The van der Waals surface area contributed by atoms with Crippen molar-refractivity contribution in [3.05, 3.63) is 77.0 Å². The Kier molecular flexibility index (Phi) is 5.69. The number of carbonyl (C=O) groups is 1. The molecule has 2 aliphatic heterocycles. The molecule has 2 aliphatic rings. The van der Waals surface area contributed by atoms with Crippen LogP contribution in [0.3, 0.4) is 0 Å². The number of rotatable bonds is 6. The molecule has 0 bridgehead atoms. The van der Waals surface area contributed by atoms with Crippen molar-refractivity contribution in [3.63, 3.8) is 0 Å². The van der Waals surface area contributed by atoms with Crippen LogP contribution < -0.4 is 10.6 Å². The fourth-order valence-electron chi connectivity index (χ4n) is 5.41. The molecule has 37 heavy (non-hydrogen) atoms. The zero-order valence-electron chi connectivity index (χ0n) is 21.1. The highest BCUT2D eigenvalue weighted by molar-refractivity contribution is 6.06. The molecule has 8 nitrogen and oxygen atoms in total. The number of hydrogen-bond acceptors (Lipinski definition) is 6. The van der Waals surface area contributed by atoms with Gasteiger partial charge in [-0.15, -0.1) is 0 Å². The predicted octanol–water partition coefficient (Wildman–Crippen LogP) is 4.26. The third-order valence-corrected chi connectivity index (χ3v) is 7.29. The van der Waals surface area contributed by atoms with Crippen LogP contribution in [0.1, 0.15) is 40.5 Å². The van der Waals surface area contributed by atoms with E-state index >= 15 is 0 Å². The van der Waals surface area contributed by atoms with E-state index in [1.807, 2.05) is 36.7 Å². The van der Waals surface area contributed by atoms with Gasteiger partial charge in [-0.25, -0.2) is 14.4 Å². The molecule has 1 saturated heterocycles. The number of nitrogens with zero attached hydrogens (tertiary/aromatic N) is 4. The Balaban J connectivity index is 1.39. The highest BCUT2D eigenvalue weighted by atomic mass is 19.1. The van der Waals surface area contributed by atoms with Crippen molar-refractivity contribution in [2.24, 2.45) is 0 Å². The number of carbonyl (C=O) groups excluding carboxylic acids is 1. The number of pyridine rings is 2. The maximum atomic E-state index is 13.7. The second-order valence-electron chi connectivity index (χ2n) is 10.3. The maximum Gasteiger partial charge on any atom is 0.254 e. The molecule has 4 aromatic rings. The van der Waals surface area contributed by atoms with Gasteiger partial charge in [0.15, 0.2) is 0 Å². The lowest BCUT2D eigenvalue weighted by molar-refractivity contribution is 0.0966. The molecular weight excluding hydrogens is 471 g/mol. The Morgan fingerprint density at radius 3 is 2.89 bits per heavy atom. The zero-order chi connectivity index (χ0) is 25.7. The van der Waals surface area contributed by atoms with E-state index in [0.29, 0.717) is 42.4 Å². The first-order valence-corrected chi connectivity index (χ1v) is 12.4. The van der Waals surface area contributed by atoms with Crippen LogP contribution in [0.25, 0.3) is 16.9 Å². The van der Waals surface area contributed by atoms with Gasteiger partial charge in [0.25, 0.3) is 5.91 Å². The largest absolute Gasteiger partial charge is 0.380 e. The number of hydrogen-bond donors (Lipinski definition) is 2. The molecule has 5 heterocycles. The fraction of sp³-hybridized carbons (Fsp3) is 0.321. The van der Waals surface area contributed by atoms with Gasteiger partial charge in [0.05, 0.1) is 35.4 Å². The van der Waals surface area contributed by atoms with Crippen molar-refractivity contribution < 1.29 is 13.9 Å². The van der Waals surface area contributed by atoms with Crippen molar-refractivity contribution in [2.75, 3.05) is 32.6 Å². The molecule has 1 fully saturated rings. The summed E-state index contributed by atoms with van der Waals surface area (Å²) in [7, 11) is 4.06. The molecule has 1 atom stereocenters. The van der Waals surface area contributed by atoms with Crippen LogP contribution in [0.4, 0.5) is 15.9 Å². The summed E-state index contributed by atoms with van der Waals surface area (Å²) in [5, 5.41) is 6.35. The van der Waals surface area contributed by atoms with Gasteiger partial charge in [-0.05, 0) is 49.8 Å². The van der Waals surface area contributed by atoms with Crippen LogP contribution in [0, 0.1) is 5.82 Å². The molecule has 0 spiro atoms. The second kappa shape index (κ2) is 8.93. The monoisotopic (exact) mass is 500 g/mol. The smallest absolute Gasteiger partial charge is 0.254 e. The van der Waals surface area contributed by atoms with Gasteiger partial charge in [0.2, 0.25) is 0 Å². The minimum atomic E-state index is -0.340. The third-order valence-electron chi connectivity index (χ3n) is 7.29. The van der Waals surface area contributed by atoms with Crippen LogP contribution >= 0.6 is 0 Å². The van der Waals surface area contributed by atoms with Crippen molar-refractivity contribution in [1.29, 1.82) is 0 Å². The van der Waals surface area contributed by atoms with E-state index < -0.39 is 0 Å². The Morgan fingerprint density at radius 2 is 2.11 bits per heavy atom. The standard InChI is InChI=1S/C28H29FN6O2/c1-28(9-11-37-16-28)20-5-7-24(33-22(20)15-34(2)3)32-21-6-4-18(19-13-31-27(36)26(19)21)23-14-30-25-12-17(29)8-10-35(23)25/h4-8,10,12,14H,9,11,13,15-16H2,1-3H3,(H,31,36)(H,32,33)/t28-/m0/s1. The van der Waals surface area contributed by atoms with Gasteiger partial charge in [-0.3, -0.25) is 9.20 Å². The van der Waals surface area contributed by atoms with E-state index in [2.05, 4.69) is 33.5 Å². The fourth-order valence-corrected chi connectivity index (χ4v) is 5.41. The van der Waals surface area contributed by atoms with Crippen LogP contribution in [-0.4, -0.2) is 52.5 Å². The van der Waals surface area contributed by atoms with E-state index in [4.69, 9.17) is 9.72 Å². The number of amides is 1. The van der Waals surface area contributed by atoms with Gasteiger partial charge in [-0.2, -0.15) is 0 Å². The first-order valence-electron chi connectivity index (χ1n) is 12.4. The number of ether oxygens (including phenoxy) is 1. The Labute approximate surface area is 214 Å². The van der Waals surface area contributed by atoms with E-state index in [9.17, 15) is 9.18 Å². The lowest BCUT2D eigenvalue weighted by Crippen LogP contribution is -2.26. The van der Waals surface area contributed by atoms with Crippen molar-refractivity contribution in [2.45, 2.75) is 31.8 Å². The number of halogens is 1. The van der Waals surface area contributed by atoms with Crippen LogP contribution in [0.2, 0.25) is 0 Å². The quantitative estimate of drug-likeness (QED) is 0.412. The lowest BCUT2D eigenvalue weighted by atomic mass is 9.81. The van der Waals surface area contributed by atoms with E-state index in [-0.39, 0.29) is 17.1 Å². The second-order valence-corrected chi connectivity index (χ2v) is 10.3. The Bertz CT molecular complexity index is 1520. The number of nitrogens with one attached hydrogen (secondary N) is 2. The first-order chi connectivity index (χ1) is 17.8. The van der Waals surface area contributed by atoms with Gasteiger partial charge in [0, 0.05) is 42.9 Å². The highest BCUT2D eigenvalue weighted by Crippen LogP contribution is 2.37. The molecule has 0 aliphatic carbocycles. The summed E-state index contributed by atoms with van der Waals surface area (Å²) in [4.78, 5) is 24.4. The van der Waals surface area contributed by atoms with Crippen molar-refractivity contribution in [1.82, 2.24) is 24.6 Å². The molecule has 0 saturated carbocycles. The lowest BCUT2D eigenvalue weighted by Gasteiger charge is -2.26. The van der Waals surface area contributed by atoms with Gasteiger partial charge in [-0.1, -0.05) is 19.1 Å². The number of benzene rings is 1. The highest BCUT2D eigenvalue weighted by Gasteiger charge is 2.34. The predicted molar refractivity (Wildman–Crippen MR) is 139 cm³/mol. The summed E-state index contributed by atoms with van der Waals surface area (Å²) < 4.78 is 21.2. The summed E-state index contributed by atoms with van der Waals surface area (Å²) >= 11 is 0. The molecule has 1 amide bonds. The number of imidazole rings is 1. The molecule has 2 N–H and O–H groups in total. The Morgan fingerprint density at radius 1 is 1.24 bits per heavy atom. The van der Waals surface area contributed by atoms with Crippen molar-refractivity contribution >= 4 is 23.1 Å². The average Bonchev–Trinajstić information content (AvgIpc) is 3.58. The minimum absolute atomic E-state index is 0.0589. The van der Waals surface area contributed by atoms with Crippen LogP contribution in [0.5, 0.6) is 0 Å². The molecule has 0 unspecified atom stereocenters. The summed E-state index contributed by atoms with van der Waals surface area (Å²) in [6.07, 6.45) is 4.33. The normalized spacial score (nSPS) is 19.0. The number of anilines is 2. The first kappa shape index (κ1) is 23.6. The average molecular weight is 501 g/mol. The van der Waals surface area contributed by atoms with E-state index in [1.165, 1.54) is 17.7 Å². The maximum absolute atomic E-state index is 13.7. The van der Waals surface area contributed by atoms with E-state index in [1.54, 1.807) is 12.4 Å². The molecular formula is C28H29FN6O2. The number of fused-ring (bicyclic) bond motifs is 2. The summed E-state index contributed by atoms with van der Waals surface area (Å²) in [6.45, 7) is 4.78. The van der Waals surface area contributed by atoms with Gasteiger partial charge < -0.3 is 20.3 Å². The number of aromatic nitrogens is 3. The summed E-state index contributed by atoms with van der Waals surface area (Å²) in [5.74, 6) is 0.205. The topological polar surface area (TPSA) is 83.8 Å². The summed E-state index contributed by atoms with van der Waals surface area (Å²) in [5.41, 5.74) is 6.50. The third kappa shape index (κ3) is 4.14. The molecule has 0 radical (unpaired) electrons.